The molecule has 0 spiro atoms. The molecule has 1 aromatic carbocycles. The van der Waals surface area contributed by atoms with Crippen LogP contribution in [0.3, 0.4) is 0 Å². The quantitative estimate of drug-likeness (QED) is 0.935. The number of aromatic nitrogens is 1. The van der Waals surface area contributed by atoms with Crippen LogP contribution < -0.4 is 0 Å². The van der Waals surface area contributed by atoms with Gasteiger partial charge in [0.25, 0.3) is 0 Å². The van der Waals surface area contributed by atoms with Gasteiger partial charge in [-0.3, -0.25) is 4.90 Å². The highest BCUT2D eigenvalue weighted by Crippen LogP contribution is 2.30. The first kappa shape index (κ1) is 15.5. The van der Waals surface area contributed by atoms with E-state index in [9.17, 15) is 5.11 Å². The van der Waals surface area contributed by atoms with Crippen LogP contribution in [0.15, 0.2) is 34.9 Å². The summed E-state index contributed by atoms with van der Waals surface area (Å²) >= 11 is 5.90. The fourth-order valence-electron chi connectivity index (χ4n) is 3.01. The summed E-state index contributed by atoms with van der Waals surface area (Å²) in [5.41, 5.74) is 0.964. The van der Waals surface area contributed by atoms with Crippen molar-refractivity contribution in [1.29, 1.82) is 0 Å². The normalized spacial score (nSPS) is 22.9. The second kappa shape index (κ2) is 6.41. The monoisotopic (exact) mass is 320 g/mol. The van der Waals surface area contributed by atoms with E-state index in [1.807, 2.05) is 24.3 Å². The summed E-state index contributed by atoms with van der Waals surface area (Å²) in [4.78, 5) is 6.68. The molecule has 5 heteroatoms. The third kappa shape index (κ3) is 3.51. The van der Waals surface area contributed by atoms with E-state index in [4.69, 9.17) is 16.0 Å². The lowest BCUT2D eigenvalue weighted by atomic mass is 9.83. The molecule has 1 aliphatic heterocycles. The Balaban J connectivity index is 1.68. The summed E-state index contributed by atoms with van der Waals surface area (Å²) in [6.45, 7) is 4.94. The average Bonchev–Trinajstić information content (AvgIpc) is 2.96. The minimum absolute atomic E-state index is 0.0101. The average molecular weight is 321 g/mol. The van der Waals surface area contributed by atoms with Crippen LogP contribution in [0.1, 0.15) is 25.7 Å². The van der Waals surface area contributed by atoms with Gasteiger partial charge in [0.2, 0.25) is 5.89 Å². The largest absolute Gasteiger partial charge is 0.439 e. The van der Waals surface area contributed by atoms with Crippen molar-refractivity contribution in [2.45, 2.75) is 26.3 Å². The number of hydrogen-bond acceptors (Lipinski definition) is 4. The van der Waals surface area contributed by atoms with Crippen molar-refractivity contribution in [3.8, 4) is 11.3 Å². The lowest BCUT2D eigenvalue weighted by molar-refractivity contribution is 0.0392. The summed E-state index contributed by atoms with van der Waals surface area (Å²) in [7, 11) is 0. The van der Waals surface area contributed by atoms with E-state index in [2.05, 4.69) is 16.8 Å². The molecular weight excluding hydrogens is 300 g/mol. The summed E-state index contributed by atoms with van der Waals surface area (Å²) in [6, 6.07) is 7.54. The lowest BCUT2D eigenvalue weighted by Gasteiger charge is -2.38. The van der Waals surface area contributed by atoms with Gasteiger partial charge in [-0.25, -0.2) is 4.98 Å². The molecule has 0 amide bonds. The Hall–Kier alpha value is -1.36. The molecule has 22 heavy (non-hydrogen) atoms. The van der Waals surface area contributed by atoms with Gasteiger partial charge < -0.3 is 9.52 Å². The van der Waals surface area contributed by atoms with Crippen LogP contribution in [-0.4, -0.2) is 34.7 Å². The van der Waals surface area contributed by atoms with Crippen LogP contribution >= 0.6 is 11.6 Å². The van der Waals surface area contributed by atoms with Gasteiger partial charge in [-0.2, -0.15) is 0 Å². The molecule has 1 aliphatic rings. The fourth-order valence-corrected chi connectivity index (χ4v) is 3.14. The molecule has 1 fully saturated rings. The predicted molar refractivity (Wildman–Crippen MR) is 86.7 cm³/mol. The summed E-state index contributed by atoms with van der Waals surface area (Å²) < 4.78 is 5.86. The number of aliphatic hydroxyl groups is 1. The highest BCUT2D eigenvalue weighted by molar-refractivity contribution is 6.30. The number of piperidine rings is 1. The van der Waals surface area contributed by atoms with E-state index < -0.39 is 0 Å². The Labute approximate surface area is 135 Å². The maximum absolute atomic E-state index is 9.53. The molecule has 1 unspecified atom stereocenters. The SMILES string of the molecule is CC1(CO)CCCN(Cc2ncc(-c3ccc(Cl)cc3)o2)C1. The van der Waals surface area contributed by atoms with E-state index in [0.29, 0.717) is 17.5 Å². The first-order valence-electron chi connectivity index (χ1n) is 7.62. The third-order valence-corrected chi connectivity index (χ3v) is 4.53. The van der Waals surface area contributed by atoms with Gasteiger partial charge in [0.05, 0.1) is 12.7 Å². The second-order valence-electron chi connectivity index (χ2n) is 6.41. The molecule has 0 saturated carbocycles. The fraction of sp³-hybridized carbons (Fsp3) is 0.471. The molecule has 3 rings (SSSR count). The van der Waals surface area contributed by atoms with E-state index in [1.165, 1.54) is 0 Å². The Morgan fingerprint density at radius 3 is 2.86 bits per heavy atom. The van der Waals surface area contributed by atoms with Crippen LogP contribution in [0.4, 0.5) is 0 Å². The van der Waals surface area contributed by atoms with Crippen LogP contribution in [0.5, 0.6) is 0 Å². The highest BCUT2D eigenvalue weighted by atomic mass is 35.5. The van der Waals surface area contributed by atoms with Gasteiger partial charge in [0.1, 0.15) is 0 Å². The maximum atomic E-state index is 9.53. The van der Waals surface area contributed by atoms with Crippen molar-refractivity contribution in [2.24, 2.45) is 5.41 Å². The van der Waals surface area contributed by atoms with E-state index in [0.717, 1.165) is 37.3 Å². The Bertz CT molecular complexity index is 626. The lowest BCUT2D eigenvalue weighted by Crippen LogP contribution is -2.43. The van der Waals surface area contributed by atoms with Gasteiger partial charge in [0.15, 0.2) is 5.76 Å². The standard InChI is InChI=1S/C17H21ClN2O2/c1-17(12-21)7-2-8-20(11-17)10-16-19-9-15(22-16)13-3-5-14(18)6-4-13/h3-6,9,21H,2,7-8,10-12H2,1H3. The molecule has 2 heterocycles. The molecule has 0 aliphatic carbocycles. The predicted octanol–water partition coefficient (Wildman–Crippen LogP) is 3.59. The van der Waals surface area contributed by atoms with Gasteiger partial charge in [-0.15, -0.1) is 0 Å². The zero-order valence-corrected chi connectivity index (χ0v) is 13.5. The van der Waals surface area contributed by atoms with Crippen molar-refractivity contribution in [1.82, 2.24) is 9.88 Å². The van der Waals surface area contributed by atoms with Gasteiger partial charge in [-0.05, 0) is 43.7 Å². The van der Waals surface area contributed by atoms with E-state index >= 15 is 0 Å². The summed E-state index contributed by atoms with van der Waals surface area (Å²) in [5, 5.41) is 10.2. The number of nitrogens with zero attached hydrogens (tertiary/aromatic N) is 2. The van der Waals surface area contributed by atoms with Crippen molar-refractivity contribution >= 4 is 11.6 Å². The second-order valence-corrected chi connectivity index (χ2v) is 6.84. The molecule has 4 nitrogen and oxygen atoms in total. The van der Waals surface area contributed by atoms with Crippen molar-refractivity contribution in [2.75, 3.05) is 19.7 Å². The van der Waals surface area contributed by atoms with Crippen LogP contribution in [0.2, 0.25) is 5.02 Å². The topological polar surface area (TPSA) is 49.5 Å². The molecule has 1 saturated heterocycles. The molecule has 118 valence electrons. The molecule has 1 aromatic heterocycles. The zero-order valence-electron chi connectivity index (χ0n) is 12.8. The first-order valence-corrected chi connectivity index (χ1v) is 8.00. The third-order valence-electron chi connectivity index (χ3n) is 4.28. The van der Waals surface area contributed by atoms with Gasteiger partial charge in [-0.1, -0.05) is 18.5 Å². The molecular formula is C17H21ClN2O2. The number of hydrogen-bond donors (Lipinski definition) is 1. The van der Waals surface area contributed by atoms with E-state index in [-0.39, 0.29) is 12.0 Å². The van der Waals surface area contributed by atoms with E-state index in [1.54, 1.807) is 6.20 Å². The summed E-state index contributed by atoms with van der Waals surface area (Å²) in [5.74, 6) is 1.47. The zero-order chi connectivity index (χ0) is 15.6. The molecule has 0 radical (unpaired) electrons. The summed E-state index contributed by atoms with van der Waals surface area (Å²) in [6.07, 6.45) is 3.93. The minimum atomic E-state index is -0.0101. The molecule has 1 atom stereocenters. The number of oxazole rings is 1. The number of aliphatic hydroxyl groups excluding tert-OH is 1. The van der Waals surface area contributed by atoms with Gasteiger partial charge in [0, 0.05) is 29.2 Å². The molecule has 0 bridgehead atoms. The van der Waals surface area contributed by atoms with Crippen LogP contribution in [-0.2, 0) is 6.54 Å². The molecule has 1 N–H and O–H groups in total. The van der Waals surface area contributed by atoms with Crippen molar-refractivity contribution in [3.63, 3.8) is 0 Å². The minimum Gasteiger partial charge on any atom is -0.439 e. The van der Waals surface area contributed by atoms with Crippen molar-refractivity contribution < 1.29 is 9.52 Å². The van der Waals surface area contributed by atoms with Crippen LogP contribution in [0.25, 0.3) is 11.3 Å². The first-order chi connectivity index (χ1) is 10.6. The highest BCUT2D eigenvalue weighted by Gasteiger charge is 2.30. The number of benzene rings is 1. The number of halogens is 1. The Morgan fingerprint density at radius 1 is 1.36 bits per heavy atom. The number of rotatable bonds is 4. The number of likely N-dealkylation sites (tertiary alicyclic amines) is 1. The Morgan fingerprint density at radius 2 is 2.14 bits per heavy atom. The molecule has 2 aromatic rings. The van der Waals surface area contributed by atoms with Crippen molar-refractivity contribution in [3.05, 3.63) is 41.4 Å². The Kier molecular flexibility index (Phi) is 4.52. The van der Waals surface area contributed by atoms with Gasteiger partial charge >= 0.3 is 0 Å². The maximum Gasteiger partial charge on any atom is 0.209 e. The smallest absolute Gasteiger partial charge is 0.209 e. The van der Waals surface area contributed by atoms with Crippen LogP contribution in [0, 0.1) is 5.41 Å².